The van der Waals surface area contributed by atoms with Gasteiger partial charge in [-0.05, 0) is 42.3 Å². The van der Waals surface area contributed by atoms with Crippen molar-refractivity contribution in [1.82, 2.24) is 5.32 Å². The van der Waals surface area contributed by atoms with Gasteiger partial charge in [-0.1, -0.05) is 18.2 Å². The number of ether oxygens (including phenoxy) is 1. The van der Waals surface area contributed by atoms with E-state index in [4.69, 9.17) is 4.74 Å². The van der Waals surface area contributed by atoms with Gasteiger partial charge in [-0.15, -0.1) is 11.3 Å². The molecule has 1 amide bonds. The summed E-state index contributed by atoms with van der Waals surface area (Å²) >= 11 is 1.65. The molecule has 1 spiro atoms. The number of rotatable bonds is 3. The van der Waals surface area contributed by atoms with Gasteiger partial charge in [-0.3, -0.25) is 9.59 Å². The molecule has 5 heteroatoms. The van der Waals surface area contributed by atoms with Crippen LogP contribution in [0.3, 0.4) is 0 Å². The average molecular weight is 353 g/mol. The number of carbonyl (C=O) groups is 2. The summed E-state index contributed by atoms with van der Waals surface area (Å²) in [4.78, 5) is 26.4. The van der Waals surface area contributed by atoms with Gasteiger partial charge in [0.2, 0.25) is 5.91 Å². The van der Waals surface area contributed by atoms with Crippen molar-refractivity contribution in [1.29, 1.82) is 0 Å². The van der Waals surface area contributed by atoms with Gasteiger partial charge in [0.1, 0.15) is 11.4 Å². The fraction of sp³-hybridized carbons (Fsp3) is 0.400. The zero-order chi connectivity index (χ0) is 17.0. The molecular weight excluding hydrogens is 334 g/mol. The Morgan fingerprint density at radius 2 is 2.16 bits per heavy atom. The minimum Gasteiger partial charge on any atom is -0.486 e. The van der Waals surface area contributed by atoms with Crippen molar-refractivity contribution in [3.63, 3.8) is 0 Å². The van der Waals surface area contributed by atoms with Crippen LogP contribution in [0.1, 0.15) is 34.5 Å². The second kappa shape index (κ2) is 5.43. The molecule has 0 unspecified atom stereocenters. The highest BCUT2D eigenvalue weighted by molar-refractivity contribution is 7.09. The summed E-state index contributed by atoms with van der Waals surface area (Å²) in [6.45, 7) is 0.585. The SMILES string of the molecule is O=C1C[C@]2(CC[C@@H]3[C@H](C(=O)NCc4cccs4)[C@H]32)Oc2ccccc21. The zero-order valence-corrected chi connectivity index (χ0v) is 14.6. The zero-order valence-electron chi connectivity index (χ0n) is 13.7. The first-order valence-corrected chi connectivity index (χ1v) is 9.67. The third-order valence-electron chi connectivity index (χ3n) is 5.96. The Balaban J connectivity index is 1.33. The number of amides is 1. The highest BCUT2D eigenvalue weighted by Crippen LogP contribution is 2.65. The number of benzene rings is 1. The number of hydrogen-bond acceptors (Lipinski definition) is 4. The van der Waals surface area contributed by atoms with E-state index in [9.17, 15) is 9.59 Å². The van der Waals surface area contributed by atoms with Crippen LogP contribution in [0, 0.1) is 17.8 Å². The predicted octanol–water partition coefficient (Wildman–Crippen LogP) is 3.42. The third kappa shape index (κ3) is 2.33. The summed E-state index contributed by atoms with van der Waals surface area (Å²) in [5.74, 6) is 1.47. The Bertz CT molecular complexity index is 846. The molecule has 4 atom stereocenters. The first-order chi connectivity index (χ1) is 12.2. The molecule has 5 rings (SSSR count). The van der Waals surface area contributed by atoms with Gasteiger partial charge in [-0.2, -0.15) is 0 Å². The van der Waals surface area contributed by atoms with Gasteiger partial charge >= 0.3 is 0 Å². The van der Waals surface area contributed by atoms with Crippen LogP contribution in [0.4, 0.5) is 0 Å². The topological polar surface area (TPSA) is 55.4 Å². The molecule has 2 aliphatic carbocycles. The van der Waals surface area contributed by atoms with Gasteiger partial charge < -0.3 is 10.1 Å². The molecule has 2 aromatic rings. The van der Waals surface area contributed by atoms with Crippen LogP contribution in [-0.4, -0.2) is 17.3 Å². The van der Waals surface area contributed by atoms with E-state index in [1.807, 2.05) is 41.8 Å². The van der Waals surface area contributed by atoms with Crippen LogP contribution >= 0.6 is 11.3 Å². The lowest BCUT2D eigenvalue weighted by Gasteiger charge is -2.37. The van der Waals surface area contributed by atoms with Crippen LogP contribution in [0.5, 0.6) is 5.75 Å². The fourth-order valence-electron chi connectivity index (χ4n) is 4.82. The third-order valence-corrected chi connectivity index (χ3v) is 6.83. The average Bonchev–Trinajstić information content (AvgIpc) is 2.94. The molecule has 1 aliphatic heterocycles. The molecule has 25 heavy (non-hydrogen) atoms. The molecule has 2 fully saturated rings. The predicted molar refractivity (Wildman–Crippen MR) is 94.6 cm³/mol. The van der Waals surface area contributed by atoms with Crippen LogP contribution in [0.2, 0.25) is 0 Å². The second-order valence-corrected chi connectivity index (χ2v) is 8.35. The quantitative estimate of drug-likeness (QED) is 0.920. The molecule has 0 saturated heterocycles. The van der Waals surface area contributed by atoms with E-state index in [2.05, 4.69) is 5.32 Å². The van der Waals surface area contributed by atoms with E-state index in [0.717, 1.165) is 17.7 Å². The molecule has 1 aromatic carbocycles. The number of fused-ring (bicyclic) bond motifs is 3. The molecule has 2 saturated carbocycles. The summed E-state index contributed by atoms with van der Waals surface area (Å²) in [7, 11) is 0. The minimum absolute atomic E-state index is 0.00762. The van der Waals surface area contributed by atoms with Gasteiger partial charge in [0, 0.05) is 16.7 Å². The number of nitrogens with one attached hydrogen (secondary N) is 1. The number of para-hydroxylation sites is 1. The maximum atomic E-state index is 12.6. The van der Waals surface area contributed by atoms with Gasteiger partial charge in [0.25, 0.3) is 0 Å². The number of Topliss-reactive ketones (excluding diaryl/α,β-unsaturated/α-hetero) is 1. The van der Waals surface area contributed by atoms with Crippen LogP contribution in [0.25, 0.3) is 0 Å². The normalized spacial score (nSPS) is 32.0. The maximum absolute atomic E-state index is 12.6. The number of hydrogen-bond donors (Lipinski definition) is 1. The molecule has 128 valence electrons. The number of thiophene rings is 1. The van der Waals surface area contributed by atoms with E-state index in [0.29, 0.717) is 30.2 Å². The lowest BCUT2D eigenvalue weighted by Crippen LogP contribution is -2.44. The Morgan fingerprint density at radius 3 is 3.00 bits per heavy atom. The molecule has 2 heterocycles. The molecule has 4 nitrogen and oxygen atoms in total. The highest BCUT2D eigenvalue weighted by atomic mass is 32.1. The lowest BCUT2D eigenvalue weighted by atomic mass is 9.84. The number of carbonyl (C=O) groups excluding carboxylic acids is 2. The molecule has 1 aromatic heterocycles. The molecule has 0 bridgehead atoms. The first kappa shape index (κ1) is 15.1. The Kier molecular flexibility index (Phi) is 3.29. The second-order valence-electron chi connectivity index (χ2n) is 7.31. The van der Waals surface area contributed by atoms with Gasteiger partial charge in [0.15, 0.2) is 5.78 Å². The smallest absolute Gasteiger partial charge is 0.224 e. The Morgan fingerprint density at radius 1 is 1.28 bits per heavy atom. The maximum Gasteiger partial charge on any atom is 0.224 e. The van der Waals surface area contributed by atoms with E-state index < -0.39 is 5.60 Å². The summed E-state index contributed by atoms with van der Waals surface area (Å²) in [5.41, 5.74) is 0.206. The van der Waals surface area contributed by atoms with Crippen molar-refractivity contribution in [2.24, 2.45) is 17.8 Å². The van der Waals surface area contributed by atoms with E-state index in [1.165, 1.54) is 0 Å². The highest BCUT2D eigenvalue weighted by Gasteiger charge is 2.70. The Hall–Kier alpha value is -2.14. The summed E-state index contributed by atoms with van der Waals surface area (Å²) in [5, 5.41) is 5.07. The van der Waals surface area contributed by atoms with Crippen LogP contribution in [-0.2, 0) is 11.3 Å². The lowest BCUT2D eigenvalue weighted by molar-refractivity contribution is -0.124. The van der Waals surface area contributed by atoms with Gasteiger partial charge in [0.05, 0.1) is 18.5 Å². The van der Waals surface area contributed by atoms with Crippen molar-refractivity contribution in [3.05, 3.63) is 52.2 Å². The van der Waals surface area contributed by atoms with Crippen molar-refractivity contribution in [2.45, 2.75) is 31.4 Å². The van der Waals surface area contributed by atoms with Crippen molar-refractivity contribution in [2.75, 3.05) is 0 Å². The molecular formula is C20H19NO3S. The fourth-order valence-corrected chi connectivity index (χ4v) is 5.47. The largest absolute Gasteiger partial charge is 0.486 e. The monoisotopic (exact) mass is 353 g/mol. The van der Waals surface area contributed by atoms with Crippen LogP contribution in [0.15, 0.2) is 41.8 Å². The standard InChI is InChI=1S/C20H19NO3S/c22-15-10-20(24-16-6-2-1-5-13(15)16)8-7-14-17(18(14)20)19(23)21-11-12-4-3-9-25-12/h1-6,9,14,17-18H,7-8,10-11H2,(H,21,23)/t14-,17+,18+,20+/m1/s1. The van der Waals surface area contributed by atoms with E-state index in [-0.39, 0.29) is 23.5 Å². The van der Waals surface area contributed by atoms with Crippen molar-refractivity contribution >= 4 is 23.0 Å². The van der Waals surface area contributed by atoms with Crippen molar-refractivity contribution in [3.8, 4) is 5.75 Å². The summed E-state index contributed by atoms with van der Waals surface area (Å²) in [6, 6.07) is 11.5. The molecule has 0 radical (unpaired) electrons. The Labute approximate surface area is 150 Å². The van der Waals surface area contributed by atoms with Gasteiger partial charge in [-0.25, -0.2) is 0 Å². The molecule has 3 aliphatic rings. The summed E-state index contributed by atoms with van der Waals surface area (Å²) in [6.07, 6.45) is 2.24. The molecule has 1 N–H and O–H groups in total. The van der Waals surface area contributed by atoms with E-state index >= 15 is 0 Å². The minimum atomic E-state index is -0.471. The van der Waals surface area contributed by atoms with Crippen LogP contribution < -0.4 is 10.1 Å². The van der Waals surface area contributed by atoms with E-state index in [1.54, 1.807) is 11.3 Å². The number of ketones is 1. The van der Waals surface area contributed by atoms with Crippen molar-refractivity contribution < 1.29 is 14.3 Å². The first-order valence-electron chi connectivity index (χ1n) is 8.79. The summed E-state index contributed by atoms with van der Waals surface area (Å²) < 4.78 is 6.34.